The van der Waals surface area contributed by atoms with Crippen molar-refractivity contribution in [2.45, 2.75) is 25.6 Å². The van der Waals surface area contributed by atoms with Crippen molar-refractivity contribution in [1.29, 1.82) is 0 Å². The van der Waals surface area contributed by atoms with Crippen LogP contribution >= 0.6 is 0 Å². The summed E-state index contributed by atoms with van der Waals surface area (Å²) in [4.78, 5) is 24.8. The van der Waals surface area contributed by atoms with E-state index in [4.69, 9.17) is 9.90 Å². The lowest BCUT2D eigenvalue weighted by Crippen LogP contribution is -2.27. The SMILES string of the molecule is Cn1cc(-c2ncnc3c2CCN(Cc2nccn2C)CC3)cn1.O=C(O)C(F)(F)F. The first-order valence-corrected chi connectivity index (χ1v) is 9.45. The minimum Gasteiger partial charge on any atom is -0.475 e. The highest BCUT2D eigenvalue weighted by atomic mass is 19.4. The van der Waals surface area contributed by atoms with Crippen molar-refractivity contribution >= 4 is 5.97 Å². The van der Waals surface area contributed by atoms with E-state index in [2.05, 4.69) is 29.5 Å². The van der Waals surface area contributed by atoms with Crippen LogP contribution in [0.2, 0.25) is 0 Å². The van der Waals surface area contributed by atoms with Crippen LogP contribution in [0.25, 0.3) is 11.3 Å². The summed E-state index contributed by atoms with van der Waals surface area (Å²) in [5.74, 6) is -1.66. The molecule has 0 aromatic carbocycles. The number of aliphatic carboxylic acids is 1. The number of hydrogen-bond acceptors (Lipinski definition) is 6. The van der Waals surface area contributed by atoms with E-state index < -0.39 is 12.1 Å². The standard InChI is InChI=1S/C17H21N7.C2HF3O2/c1-22-8-5-18-16(22)11-24-6-3-14-15(4-7-24)19-12-20-17(14)13-9-21-23(2)10-13;3-2(4,5)1(6)7/h5,8-10,12H,3-4,6-7,11H2,1-2H3;(H,6,7). The molecule has 12 heteroatoms. The molecule has 0 radical (unpaired) electrons. The Hall–Kier alpha value is -3.28. The fourth-order valence-corrected chi connectivity index (χ4v) is 3.27. The molecule has 0 aliphatic carbocycles. The van der Waals surface area contributed by atoms with E-state index >= 15 is 0 Å². The molecule has 0 bridgehead atoms. The Bertz CT molecular complexity index is 1050. The van der Waals surface area contributed by atoms with Gasteiger partial charge < -0.3 is 9.67 Å². The topological polar surface area (TPSA) is 102 Å². The lowest BCUT2D eigenvalue weighted by atomic mass is 10.0. The second-order valence-corrected chi connectivity index (χ2v) is 7.08. The van der Waals surface area contributed by atoms with Gasteiger partial charge in [-0.25, -0.2) is 19.7 Å². The van der Waals surface area contributed by atoms with Crippen LogP contribution in [0.1, 0.15) is 17.1 Å². The number of aryl methyl sites for hydroxylation is 2. The monoisotopic (exact) mass is 437 g/mol. The first-order valence-electron chi connectivity index (χ1n) is 9.45. The van der Waals surface area contributed by atoms with Gasteiger partial charge in [0, 0.05) is 69.0 Å². The third-order valence-corrected chi connectivity index (χ3v) is 4.88. The predicted molar refractivity (Wildman–Crippen MR) is 104 cm³/mol. The summed E-state index contributed by atoms with van der Waals surface area (Å²) < 4.78 is 35.6. The van der Waals surface area contributed by atoms with E-state index in [9.17, 15) is 13.2 Å². The Kier molecular flexibility index (Phi) is 6.68. The van der Waals surface area contributed by atoms with E-state index in [0.29, 0.717) is 0 Å². The first kappa shape index (κ1) is 22.4. The summed E-state index contributed by atoms with van der Waals surface area (Å²) in [5.41, 5.74) is 4.50. The normalized spacial score (nSPS) is 14.4. The van der Waals surface area contributed by atoms with E-state index in [1.807, 2.05) is 43.6 Å². The minimum atomic E-state index is -5.08. The predicted octanol–water partition coefficient (Wildman–Crippen LogP) is 1.84. The Morgan fingerprint density at radius 1 is 1.16 bits per heavy atom. The molecule has 1 N–H and O–H groups in total. The highest BCUT2D eigenvalue weighted by molar-refractivity contribution is 5.73. The zero-order valence-electron chi connectivity index (χ0n) is 17.0. The van der Waals surface area contributed by atoms with Crippen LogP contribution in [-0.4, -0.2) is 64.5 Å². The molecule has 9 nitrogen and oxygen atoms in total. The molecule has 0 saturated carbocycles. The van der Waals surface area contributed by atoms with Gasteiger partial charge in [0.2, 0.25) is 0 Å². The van der Waals surface area contributed by atoms with E-state index in [0.717, 1.165) is 55.3 Å². The molecule has 166 valence electrons. The van der Waals surface area contributed by atoms with Crippen LogP contribution < -0.4 is 0 Å². The van der Waals surface area contributed by atoms with Gasteiger partial charge in [-0.3, -0.25) is 9.58 Å². The number of halogens is 3. The Balaban J connectivity index is 0.000000339. The minimum absolute atomic E-state index is 0.868. The first-order chi connectivity index (χ1) is 14.6. The largest absolute Gasteiger partial charge is 0.490 e. The molecule has 3 aromatic heterocycles. The van der Waals surface area contributed by atoms with Gasteiger partial charge in [0.1, 0.15) is 12.2 Å². The third kappa shape index (κ3) is 5.66. The number of imidazole rings is 1. The van der Waals surface area contributed by atoms with Gasteiger partial charge in [-0.1, -0.05) is 0 Å². The molecule has 4 heterocycles. The lowest BCUT2D eigenvalue weighted by Gasteiger charge is -2.19. The Morgan fingerprint density at radius 3 is 2.45 bits per heavy atom. The Labute approximate surface area is 176 Å². The van der Waals surface area contributed by atoms with Gasteiger partial charge in [0.05, 0.1) is 18.4 Å². The van der Waals surface area contributed by atoms with Gasteiger partial charge in [-0.15, -0.1) is 0 Å². The summed E-state index contributed by atoms with van der Waals surface area (Å²) in [6.07, 6.45) is 6.22. The maximum atomic E-state index is 10.6. The Morgan fingerprint density at radius 2 is 1.87 bits per heavy atom. The van der Waals surface area contributed by atoms with Crippen molar-refractivity contribution in [3.63, 3.8) is 0 Å². The number of carbonyl (C=O) groups is 1. The molecular weight excluding hydrogens is 415 g/mol. The van der Waals surface area contributed by atoms with E-state index in [1.54, 1.807) is 6.33 Å². The smallest absolute Gasteiger partial charge is 0.475 e. The number of nitrogens with zero attached hydrogens (tertiary/aromatic N) is 7. The molecular formula is C19H22F3N7O2. The summed E-state index contributed by atoms with van der Waals surface area (Å²) in [6.45, 7) is 2.84. The van der Waals surface area contributed by atoms with Crippen LogP contribution in [0.15, 0.2) is 31.1 Å². The van der Waals surface area contributed by atoms with Crippen LogP contribution in [0.5, 0.6) is 0 Å². The van der Waals surface area contributed by atoms with Crippen molar-refractivity contribution in [3.05, 3.63) is 48.2 Å². The zero-order valence-corrected chi connectivity index (χ0v) is 17.0. The van der Waals surface area contributed by atoms with Crippen molar-refractivity contribution < 1.29 is 23.1 Å². The lowest BCUT2D eigenvalue weighted by molar-refractivity contribution is -0.192. The fraction of sp³-hybridized carbons (Fsp3) is 0.421. The summed E-state index contributed by atoms with van der Waals surface area (Å²) in [5, 5.41) is 11.4. The van der Waals surface area contributed by atoms with Crippen molar-refractivity contribution in [1.82, 2.24) is 34.2 Å². The molecule has 0 fully saturated rings. The van der Waals surface area contributed by atoms with Gasteiger partial charge in [-0.05, 0) is 6.42 Å². The number of aromatic nitrogens is 6. The van der Waals surface area contributed by atoms with E-state index in [1.165, 1.54) is 5.56 Å². The van der Waals surface area contributed by atoms with Gasteiger partial charge in [0.15, 0.2) is 0 Å². The number of hydrogen-bond donors (Lipinski definition) is 1. The third-order valence-electron chi connectivity index (χ3n) is 4.88. The van der Waals surface area contributed by atoms with Crippen molar-refractivity contribution in [2.24, 2.45) is 14.1 Å². The summed E-state index contributed by atoms with van der Waals surface area (Å²) in [7, 11) is 3.97. The van der Waals surface area contributed by atoms with Crippen LogP contribution in [0, 0.1) is 0 Å². The molecule has 0 atom stereocenters. The average Bonchev–Trinajstić information content (AvgIpc) is 3.25. The average molecular weight is 437 g/mol. The number of fused-ring (bicyclic) bond motifs is 1. The quantitative estimate of drug-likeness (QED) is 0.667. The fourth-order valence-electron chi connectivity index (χ4n) is 3.27. The number of alkyl halides is 3. The van der Waals surface area contributed by atoms with Crippen molar-refractivity contribution in [2.75, 3.05) is 13.1 Å². The van der Waals surface area contributed by atoms with Gasteiger partial charge >= 0.3 is 12.1 Å². The number of rotatable bonds is 3. The maximum absolute atomic E-state index is 10.6. The van der Waals surface area contributed by atoms with Crippen molar-refractivity contribution in [3.8, 4) is 11.3 Å². The number of carboxylic acid groups (broad SMARTS) is 1. The zero-order chi connectivity index (χ0) is 22.6. The molecule has 1 aliphatic rings. The summed E-state index contributed by atoms with van der Waals surface area (Å²) >= 11 is 0. The number of carboxylic acids is 1. The highest BCUT2D eigenvalue weighted by Gasteiger charge is 2.38. The second kappa shape index (κ2) is 9.25. The molecule has 4 rings (SSSR count). The van der Waals surface area contributed by atoms with Gasteiger partial charge in [0.25, 0.3) is 0 Å². The second-order valence-electron chi connectivity index (χ2n) is 7.08. The molecule has 1 aliphatic heterocycles. The maximum Gasteiger partial charge on any atom is 0.490 e. The van der Waals surface area contributed by atoms with E-state index in [-0.39, 0.29) is 0 Å². The molecule has 3 aromatic rings. The molecule has 0 spiro atoms. The molecule has 0 saturated heterocycles. The van der Waals surface area contributed by atoms with Crippen LogP contribution in [0.3, 0.4) is 0 Å². The molecule has 0 unspecified atom stereocenters. The molecule has 0 amide bonds. The highest BCUT2D eigenvalue weighted by Crippen LogP contribution is 2.25. The molecule has 31 heavy (non-hydrogen) atoms. The van der Waals surface area contributed by atoms with Gasteiger partial charge in [-0.2, -0.15) is 18.3 Å². The van der Waals surface area contributed by atoms with Crippen LogP contribution in [0.4, 0.5) is 13.2 Å². The van der Waals surface area contributed by atoms with Crippen LogP contribution in [-0.2, 0) is 38.3 Å². The summed E-state index contributed by atoms with van der Waals surface area (Å²) in [6, 6.07) is 0.